The smallest absolute Gasteiger partial charge is 0.102 e. The molecule has 0 aliphatic carbocycles. The van der Waals surface area contributed by atoms with Crippen LogP contribution >= 0.6 is 0 Å². The molecule has 3 N–H and O–H groups in total. The molecule has 0 spiro atoms. The topological polar surface area (TPSA) is 50.9 Å². The van der Waals surface area contributed by atoms with Crippen molar-refractivity contribution in [2.24, 2.45) is 5.73 Å². The molecular formula is C8H9N3. The maximum Gasteiger partial charge on any atom is 0.102 e. The summed E-state index contributed by atoms with van der Waals surface area (Å²) >= 11 is 0. The fourth-order valence-corrected chi connectivity index (χ4v) is 1.16. The van der Waals surface area contributed by atoms with Crippen molar-refractivity contribution in [3.63, 3.8) is 0 Å². The Kier molecular flexibility index (Phi) is 1.36. The fraction of sp³-hybridized carbons (Fsp3) is 0.125. The summed E-state index contributed by atoms with van der Waals surface area (Å²) in [6.07, 6.45) is 7.29. The Labute approximate surface area is 64.9 Å². The second kappa shape index (κ2) is 2.36. The Hall–Kier alpha value is -1.35. The highest BCUT2D eigenvalue weighted by Crippen LogP contribution is 2.17. The number of aromatic nitrogens is 1. The maximum absolute atomic E-state index is 5.74. The Balaban J connectivity index is 2.54. The predicted molar refractivity (Wildman–Crippen MR) is 43.3 cm³/mol. The molecule has 0 saturated carbocycles. The van der Waals surface area contributed by atoms with E-state index in [0.717, 1.165) is 11.1 Å². The zero-order valence-corrected chi connectivity index (χ0v) is 5.99. The molecule has 1 aromatic heterocycles. The monoisotopic (exact) mass is 147 g/mol. The molecule has 3 heteroatoms. The summed E-state index contributed by atoms with van der Waals surface area (Å²) in [5.74, 6) is 0. The molecule has 1 atom stereocenters. The van der Waals surface area contributed by atoms with Gasteiger partial charge in [-0.2, -0.15) is 0 Å². The molecule has 1 aromatic rings. The van der Waals surface area contributed by atoms with Crippen molar-refractivity contribution in [2.75, 3.05) is 0 Å². The van der Waals surface area contributed by atoms with Crippen LogP contribution in [-0.4, -0.2) is 4.98 Å². The summed E-state index contributed by atoms with van der Waals surface area (Å²) < 4.78 is 0. The first-order valence-corrected chi connectivity index (χ1v) is 3.50. The predicted octanol–water partition coefficient (Wildman–Crippen LogP) is 0.613. The highest BCUT2D eigenvalue weighted by molar-refractivity contribution is 5.55. The van der Waals surface area contributed by atoms with E-state index < -0.39 is 0 Å². The van der Waals surface area contributed by atoms with E-state index in [1.165, 1.54) is 0 Å². The molecule has 56 valence electrons. The highest BCUT2D eigenvalue weighted by Gasteiger charge is 2.10. The molecule has 1 aliphatic heterocycles. The van der Waals surface area contributed by atoms with E-state index in [0.29, 0.717) is 0 Å². The van der Waals surface area contributed by atoms with Gasteiger partial charge in [-0.25, -0.2) is 0 Å². The molecule has 2 rings (SSSR count). The largest absolute Gasteiger partial charge is 0.372 e. The van der Waals surface area contributed by atoms with Crippen LogP contribution in [0.15, 0.2) is 24.7 Å². The van der Waals surface area contributed by atoms with E-state index >= 15 is 0 Å². The minimum absolute atomic E-state index is 0.108. The quantitative estimate of drug-likeness (QED) is 0.565. The SMILES string of the molecule is NC1NC=Cc2ccncc21. The van der Waals surface area contributed by atoms with Crippen molar-refractivity contribution in [1.82, 2.24) is 10.3 Å². The standard InChI is InChI=1S/C8H9N3/c9-8-7-5-10-3-1-6(7)2-4-11-8/h1-5,8,11H,9H2. The molecule has 2 heterocycles. The summed E-state index contributed by atoms with van der Waals surface area (Å²) in [4.78, 5) is 3.99. The number of nitrogens with one attached hydrogen (secondary N) is 1. The lowest BCUT2D eigenvalue weighted by Gasteiger charge is -2.18. The Morgan fingerprint density at radius 1 is 1.55 bits per heavy atom. The minimum Gasteiger partial charge on any atom is -0.372 e. The molecule has 0 amide bonds. The number of pyridine rings is 1. The first-order valence-electron chi connectivity index (χ1n) is 3.50. The van der Waals surface area contributed by atoms with Gasteiger partial charge in [-0.15, -0.1) is 0 Å². The van der Waals surface area contributed by atoms with Gasteiger partial charge in [0.1, 0.15) is 6.17 Å². The number of nitrogens with two attached hydrogens (primary N) is 1. The molecule has 1 unspecified atom stereocenters. The van der Waals surface area contributed by atoms with Crippen LogP contribution < -0.4 is 11.1 Å². The van der Waals surface area contributed by atoms with Crippen molar-refractivity contribution in [1.29, 1.82) is 0 Å². The Bertz CT molecular complexity index is 293. The van der Waals surface area contributed by atoms with Crippen molar-refractivity contribution >= 4 is 6.08 Å². The van der Waals surface area contributed by atoms with Crippen LogP contribution in [0.2, 0.25) is 0 Å². The van der Waals surface area contributed by atoms with E-state index in [1.54, 1.807) is 12.4 Å². The molecule has 0 saturated heterocycles. The van der Waals surface area contributed by atoms with Crippen LogP contribution in [0.25, 0.3) is 6.08 Å². The molecular weight excluding hydrogens is 138 g/mol. The van der Waals surface area contributed by atoms with Crippen LogP contribution in [0.4, 0.5) is 0 Å². The van der Waals surface area contributed by atoms with Gasteiger partial charge in [-0.3, -0.25) is 4.98 Å². The third-order valence-electron chi connectivity index (χ3n) is 1.76. The van der Waals surface area contributed by atoms with Gasteiger partial charge in [-0.05, 0) is 23.9 Å². The lowest BCUT2D eigenvalue weighted by Crippen LogP contribution is -2.27. The van der Waals surface area contributed by atoms with Gasteiger partial charge < -0.3 is 11.1 Å². The van der Waals surface area contributed by atoms with Crippen LogP contribution in [-0.2, 0) is 0 Å². The second-order valence-corrected chi connectivity index (χ2v) is 2.48. The molecule has 3 nitrogen and oxygen atoms in total. The average molecular weight is 147 g/mol. The second-order valence-electron chi connectivity index (χ2n) is 2.48. The third kappa shape index (κ3) is 0.991. The van der Waals surface area contributed by atoms with Gasteiger partial charge in [0.05, 0.1) is 0 Å². The maximum atomic E-state index is 5.74. The first-order chi connectivity index (χ1) is 5.38. The van der Waals surface area contributed by atoms with Gasteiger partial charge in [0, 0.05) is 18.0 Å². The number of fused-ring (bicyclic) bond motifs is 1. The summed E-state index contributed by atoms with van der Waals surface area (Å²) in [6, 6.07) is 1.95. The number of rotatable bonds is 0. The number of nitrogens with zero attached hydrogens (tertiary/aromatic N) is 1. The first kappa shape index (κ1) is 6.37. The van der Waals surface area contributed by atoms with E-state index in [4.69, 9.17) is 5.73 Å². The van der Waals surface area contributed by atoms with Crippen LogP contribution in [0.1, 0.15) is 17.3 Å². The van der Waals surface area contributed by atoms with E-state index in [1.807, 2.05) is 18.3 Å². The van der Waals surface area contributed by atoms with E-state index in [9.17, 15) is 0 Å². The minimum atomic E-state index is -0.108. The molecule has 0 bridgehead atoms. The van der Waals surface area contributed by atoms with Crippen molar-refractivity contribution in [3.8, 4) is 0 Å². The molecule has 11 heavy (non-hydrogen) atoms. The summed E-state index contributed by atoms with van der Waals surface area (Å²) in [7, 11) is 0. The zero-order chi connectivity index (χ0) is 7.68. The Morgan fingerprint density at radius 2 is 2.45 bits per heavy atom. The highest BCUT2D eigenvalue weighted by atomic mass is 15.0. The van der Waals surface area contributed by atoms with Crippen LogP contribution in [0, 0.1) is 0 Å². The lowest BCUT2D eigenvalue weighted by atomic mass is 10.1. The fourth-order valence-electron chi connectivity index (χ4n) is 1.16. The van der Waals surface area contributed by atoms with E-state index in [-0.39, 0.29) is 6.17 Å². The van der Waals surface area contributed by atoms with Gasteiger partial charge in [-0.1, -0.05) is 0 Å². The number of hydrogen-bond acceptors (Lipinski definition) is 3. The number of hydrogen-bond donors (Lipinski definition) is 2. The molecule has 1 aliphatic rings. The molecule has 0 aromatic carbocycles. The van der Waals surface area contributed by atoms with Crippen molar-refractivity contribution < 1.29 is 0 Å². The normalized spacial score (nSPS) is 20.6. The molecule has 0 radical (unpaired) electrons. The van der Waals surface area contributed by atoms with E-state index in [2.05, 4.69) is 10.3 Å². The van der Waals surface area contributed by atoms with Crippen molar-refractivity contribution in [3.05, 3.63) is 35.8 Å². The van der Waals surface area contributed by atoms with Gasteiger partial charge in [0.15, 0.2) is 0 Å². The third-order valence-corrected chi connectivity index (χ3v) is 1.76. The average Bonchev–Trinajstić information content (AvgIpc) is 2.06. The summed E-state index contributed by atoms with van der Waals surface area (Å²) in [5, 5.41) is 3.00. The lowest BCUT2D eigenvalue weighted by molar-refractivity contribution is 0.643. The summed E-state index contributed by atoms with van der Waals surface area (Å²) in [5.41, 5.74) is 7.94. The zero-order valence-electron chi connectivity index (χ0n) is 5.99. The van der Waals surface area contributed by atoms with Gasteiger partial charge in [0.2, 0.25) is 0 Å². The van der Waals surface area contributed by atoms with Crippen LogP contribution in [0.5, 0.6) is 0 Å². The molecule has 0 fully saturated rings. The summed E-state index contributed by atoms with van der Waals surface area (Å²) in [6.45, 7) is 0. The van der Waals surface area contributed by atoms with Crippen molar-refractivity contribution in [2.45, 2.75) is 6.17 Å². The van der Waals surface area contributed by atoms with Crippen LogP contribution in [0.3, 0.4) is 0 Å². The Morgan fingerprint density at radius 3 is 3.27 bits per heavy atom. The van der Waals surface area contributed by atoms with Gasteiger partial charge >= 0.3 is 0 Å². The van der Waals surface area contributed by atoms with Gasteiger partial charge in [0.25, 0.3) is 0 Å².